The van der Waals surface area contributed by atoms with Crippen molar-refractivity contribution in [2.24, 2.45) is 0 Å². The van der Waals surface area contributed by atoms with Gasteiger partial charge in [-0.05, 0) is 36.4 Å². The normalized spacial score (nSPS) is 10.9. The van der Waals surface area contributed by atoms with Crippen molar-refractivity contribution < 1.29 is 17.9 Å². The van der Waals surface area contributed by atoms with Crippen LogP contribution in [0, 0.1) is 0 Å². The molecular formula is C19H19N3O4S. The number of aromatic nitrogens is 1. The van der Waals surface area contributed by atoms with Crippen LogP contribution in [0.4, 0.5) is 17.2 Å². The summed E-state index contributed by atoms with van der Waals surface area (Å²) in [4.78, 5) is 4.24. The highest BCUT2D eigenvalue weighted by molar-refractivity contribution is 7.92. The molecule has 3 rings (SSSR count). The average Bonchev–Trinajstić information content (AvgIpc) is 2.69. The van der Waals surface area contributed by atoms with Crippen molar-refractivity contribution in [1.29, 1.82) is 0 Å². The number of hydrogen-bond donors (Lipinski definition) is 2. The Bertz CT molecular complexity index is 1010. The average molecular weight is 385 g/mol. The second-order valence-corrected chi connectivity index (χ2v) is 7.20. The van der Waals surface area contributed by atoms with Gasteiger partial charge in [0.25, 0.3) is 10.0 Å². The van der Waals surface area contributed by atoms with Crippen LogP contribution in [0.2, 0.25) is 0 Å². The van der Waals surface area contributed by atoms with Gasteiger partial charge >= 0.3 is 0 Å². The number of benzene rings is 2. The van der Waals surface area contributed by atoms with Crippen LogP contribution in [0.25, 0.3) is 0 Å². The molecule has 27 heavy (non-hydrogen) atoms. The van der Waals surface area contributed by atoms with E-state index in [0.29, 0.717) is 17.3 Å². The lowest BCUT2D eigenvalue weighted by Crippen LogP contribution is -2.14. The zero-order valence-electron chi connectivity index (χ0n) is 14.8. The van der Waals surface area contributed by atoms with Gasteiger partial charge in [0.1, 0.15) is 22.2 Å². The molecule has 0 aliphatic rings. The van der Waals surface area contributed by atoms with E-state index in [4.69, 9.17) is 9.47 Å². The van der Waals surface area contributed by atoms with Crippen molar-refractivity contribution in [1.82, 2.24) is 4.98 Å². The van der Waals surface area contributed by atoms with Crippen LogP contribution in [0.1, 0.15) is 0 Å². The highest BCUT2D eigenvalue weighted by atomic mass is 32.2. The van der Waals surface area contributed by atoms with Gasteiger partial charge in [-0.1, -0.05) is 18.2 Å². The molecule has 0 aliphatic carbocycles. The number of para-hydroxylation sites is 1. The lowest BCUT2D eigenvalue weighted by Gasteiger charge is -2.13. The number of nitrogens with zero attached hydrogens (tertiary/aromatic N) is 1. The first-order chi connectivity index (χ1) is 13.0. The minimum Gasteiger partial charge on any atom is -0.497 e. The van der Waals surface area contributed by atoms with E-state index in [-0.39, 0.29) is 10.6 Å². The number of sulfonamides is 1. The molecular weight excluding hydrogens is 366 g/mol. The molecule has 0 unspecified atom stereocenters. The molecule has 0 aliphatic heterocycles. The molecule has 140 valence electrons. The van der Waals surface area contributed by atoms with Crippen molar-refractivity contribution in [2.45, 2.75) is 4.90 Å². The minimum atomic E-state index is -3.84. The summed E-state index contributed by atoms with van der Waals surface area (Å²) in [7, 11) is -0.944. The smallest absolute Gasteiger partial charge is 0.265 e. The van der Waals surface area contributed by atoms with E-state index in [1.165, 1.54) is 32.5 Å². The molecule has 2 aromatic carbocycles. The third-order valence-corrected chi connectivity index (χ3v) is 5.14. The second kappa shape index (κ2) is 7.96. The Balaban J connectivity index is 1.78. The van der Waals surface area contributed by atoms with E-state index in [0.717, 1.165) is 5.69 Å². The van der Waals surface area contributed by atoms with Gasteiger partial charge in [-0.25, -0.2) is 13.4 Å². The summed E-state index contributed by atoms with van der Waals surface area (Å²) in [5.41, 5.74) is 1.23. The minimum absolute atomic E-state index is 0.0114. The van der Waals surface area contributed by atoms with Crippen molar-refractivity contribution >= 4 is 27.2 Å². The molecule has 7 nitrogen and oxygen atoms in total. The van der Waals surface area contributed by atoms with E-state index in [1.54, 1.807) is 18.2 Å². The first kappa shape index (κ1) is 18.5. The quantitative estimate of drug-likeness (QED) is 0.645. The molecule has 3 aromatic rings. The van der Waals surface area contributed by atoms with E-state index in [2.05, 4.69) is 15.0 Å². The highest BCUT2D eigenvalue weighted by Crippen LogP contribution is 2.29. The van der Waals surface area contributed by atoms with Crippen LogP contribution in [0.3, 0.4) is 0 Å². The molecule has 1 aromatic heterocycles. The van der Waals surface area contributed by atoms with Gasteiger partial charge in [0.05, 0.1) is 26.1 Å². The van der Waals surface area contributed by atoms with Crippen molar-refractivity contribution in [2.75, 3.05) is 24.3 Å². The SMILES string of the molecule is COc1ccc(S(=O)(=O)Nc2ccc(Nc3ccccc3)nc2)c(OC)c1. The molecule has 8 heteroatoms. The third-order valence-electron chi connectivity index (χ3n) is 3.72. The lowest BCUT2D eigenvalue weighted by molar-refractivity contribution is 0.386. The van der Waals surface area contributed by atoms with Crippen LogP contribution < -0.4 is 19.5 Å². The fourth-order valence-corrected chi connectivity index (χ4v) is 3.60. The fraction of sp³-hybridized carbons (Fsp3) is 0.105. The van der Waals surface area contributed by atoms with E-state index < -0.39 is 10.0 Å². The van der Waals surface area contributed by atoms with Gasteiger partial charge in [-0.2, -0.15) is 0 Å². The summed E-state index contributed by atoms with van der Waals surface area (Å²) < 4.78 is 38.1. The maximum atomic E-state index is 12.7. The van der Waals surface area contributed by atoms with Gasteiger partial charge in [0.15, 0.2) is 0 Å². The van der Waals surface area contributed by atoms with Gasteiger partial charge < -0.3 is 14.8 Å². The van der Waals surface area contributed by atoms with E-state index in [1.807, 2.05) is 30.3 Å². The number of rotatable bonds is 7. The summed E-state index contributed by atoms with van der Waals surface area (Å²) in [6.07, 6.45) is 1.44. The van der Waals surface area contributed by atoms with Crippen molar-refractivity contribution in [3.8, 4) is 11.5 Å². The third kappa shape index (κ3) is 4.48. The lowest BCUT2D eigenvalue weighted by atomic mass is 10.3. The zero-order chi connectivity index (χ0) is 19.3. The van der Waals surface area contributed by atoms with Gasteiger partial charge in [0, 0.05) is 11.8 Å². The van der Waals surface area contributed by atoms with Crippen LogP contribution in [0.15, 0.2) is 71.8 Å². The Kier molecular flexibility index (Phi) is 5.46. The maximum Gasteiger partial charge on any atom is 0.265 e. The molecule has 0 bridgehead atoms. The van der Waals surface area contributed by atoms with Crippen LogP contribution in [-0.2, 0) is 10.0 Å². The predicted molar refractivity (Wildman–Crippen MR) is 104 cm³/mol. The molecule has 0 spiro atoms. The first-order valence-corrected chi connectivity index (χ1v) is 9.53. The Morgan fingerprint density at radius 3 is 2.30 bits per heavy atom. The maximum absolute atomic E-state index is 12.7. The predicted octanol–water partition coefficient (Wildman–Crippen LogP) is 3.64. The van der Waals surface area contributed by atoms with E-state index in [9.17, 15) is 8.42 Å². The molecule has 0 radical (unpaired) electrons. The molecule has 0 amide bonds. The number of hydrogen-bond acceptors (Lipinski definition) is 6. The summed E-state index contributed by atoms with van der Waals surface area (Å²) >= 11 is 0. The van der Waals surface area contributed by atoms with Crippen molar-refractivity contribution in [3.05, 3.63) is 66.9 Å². The van der Waals surface area contributed by atoms with Crippen molar-refractivity contribution in [3.63, 3.8) is 0 Å². The van der Waals surface area contributed by atoms with Crippen LogP contribution in [0.5, 0.6) is 11.5 Å². The number of nitrogens with one attached hydrogen (secondary N) is 2. The summed E-state index contributed by atoms with van der Waals surface area (Å²) in [6.45, 7) is 0. The molecule has 1 heterocycles. The summed E-state index contributed by atoms with van der Waals surface area (Å²) in [6, 6.07) is 17.4. The Hall–Kier alpha value is -3.26. The van der Waals surface area contributed by atoms with Gasteiger partial charge in [-0.15, -0.1) is 0 Å². The number of pyridine rings is 1. The monoisotopic (exact) mass is 385 g/mol. The topological polar surface area (TPSA) is 89.6 Å². The van der Waals surface area contributed by atoms with Crippen LogP contribution in [-0.4, -0.2) is 27.6 Å². The Morgan fingerprint density at radius 2 is 1.67 bits per heavy atom. The number of methoxy groups -OCH3 is 2. The molecule has 0 saturated carbocycles. The van der Waals surface area contributed by atoms with Crippen LogP contribution >= 0.6 is 0 Å². The summed E-state index contributed by atoms with van der Waals surface area (Å²) in [5, 5.41) is 3.13. The molecule has 0 fully saturated rings. The van der Waals surface area contributed by atoms with Gasteiger partial charge in [0.2, 0.25) is 0 Å². The Labute approximate surface area is 158 Å². The second-order valence-electron chi connectivity index (χ2n) is 5.55. The highest BCUT2D eigenvalue weighted by Gasteiger charge is 2.20. The largest absolute Gasteiger partial charge is 0.497 e. The molecule has 0 saturated heterocycles. The summed E-state index contributed by atoms with van der Waals surface area (Å²) in [5.74, 6) is 1.30. The fourth-order valence-electron chi connectivity index (χ4n) is 2.40. The molecule has 2 N–H and O–H groups in total. The molecule has 0 atom stereocenters. The zero-order valence-corrected chi connectivity index (χ0v) is 15.7. The number of anilines is 3. The van der Waals surface area contributed by atoms with E-state index >= 15 is 0 Å². The standard InChI is InChI=1S/C19H19N3O4S/c1-25-16-9-10-18(17(12-16)26-2)27(23,24)22-15-8-11-19(20-13-15)21-14-6-4-3-5-7-14/h3-13,22H,1-2H3,(H,20,21). The Morgan fingerprint density at radius 1 is 0.889 bits per heavy atom. The number of ether oxygens (including phenoxy) is 2. The first-order valence-electron chi connectivity index (χ1n) is 8.05. The van der Waals surface area contributed by atoms with Gasteiger partial charge in [-0.3, -0.25) is 4.72 Å².